The molecule has 4 aromatic rings. The van der Waals surface area contributed by atoms with E-state index in [-0.39, 0.29) is 17.5 Å². The van der Waals surface area contributed by atoms with Crippen LogP contribution in [0, 0.1) is 0 Å². The Kier molecular flexibility index (Phi) is 10.5. The van der Waals surface area contributed by atoms with Gasteiger partial charge in [-0.25, -0.2) is 9.79 Å². The van der Waals surface area contributed by atoms with Crippen molar-refractivity contribution < 1.29 is 23.5 Å². The molecule has 0 saturated heterocycles. The van der Waals surface area contributed by atoms with Gasteiger partial charge in [0.05, 0.1) is 14.7 Å². The van der Waals surface area contributed by atoms with Gasteiger partial charge in [0.1, 0.15) is 0 Å². The smallest absolute Gasteiger partial charge is 0.344 e. The van der Waals surface area contributed by atoms with Crippen LogP contribution in [0.3, 0.4) is 0 Å². The summed E-state index contributed by atoms with van der Waals surface area (Å²) in [6, 6.07) is 40.8. The van der Waals surface area contributed by atoms with Crippen molar-refractivity contribution in [1.29, 1.82) is 0 Å². The van der Waals surface area contributed by atoms with E-state index in [0.717, 1.165) is 10.4 Å². The van der Waals surface area contributed by atoms with Crippen molar-refractivity contribution in [3.05, 3.63) is 139 Å². The molecule has 0 bridgehead atoms. The van der Waals surface area contributed by atoms with Crippen LogP contribution in [-0.2, 0) is 23.5 Å². The average Bonchev–Trinajstić information content (AvgIpc) is 3.40. The number of hydrogen-bond donors (Lipinski definition) is 0. The first kappa shape index (κ1) is 34.9. The number of carbonyl (C=O) groups excluding carboxylic acids is 2. The number of benzene rings is 4. The Labute approximate surface area is 286 Å². The summed E-state index contributed by atoms with van der Waals surface area (Å²) in [5.74, 6) is -0.804. The number of nitrogens with zero attached hydrogens (tertiary/aromatic N) is 1. The summed E-state index contributed by atoms with van der Waals surface area (Å²) < 4.78 is 19.0. The van der Waals surface area contributed by atoms with Gasteiger partial charge in [-0.15, -0.1) is 0 Å². The summed E-state index contributed by atoms with van der Waals surface area (Å²) in [5, 5.41) is 3.28. The largest absolute Gasteiger partial charge is 0.455 e. The Bertz CT molecular complexity index is 1710. The van der Waals surface area contributed by atoms with Crippen molar-refractivity contribution in [2.24, 2.45) is 4.99 Å². The minimum absolute atomic E-state index is 0.213. The number of carbonyl (C=O) groups is 2. The Morgan fingerprint density at radius 1 is 0.812 bits per heavy atom. The van der Waals surface area contributed by atoms with Crippen LogP contribution in [0.25, 0.3) is 0 Å². The third-order valence-electron chi connectivity index (χ3n) is 9.02. The van der Waals surface area contributed by atoms with E-state index in [4.69, 9.17) is 18.9 Å². The van der Waals surface area contributed by atoms with E-state index in [1.54, 1.807) is 6.08 Å². The normalized spacial score (nSPS) is 17.5. The fraction of sp³-hybridized carbons (Fsp3) is 0.275. The minimum Gasteiger partial charge on any atom is -0.455 e. The molecule has 0 saturated carbocycles. The molecule has 0 aromatic heterocycles. The van der Waals surface area contributed by atoms with Crippen LogP contribution in [0.2, 0.25) is 24.2 Å². The molecule has 48 heavy (non-hydrogen) atoms. The molecule has 2 atom stereocenters. The molecule has 0 radical (unpaired) electrons. The van der Waals surface area contributed by atoms with Crippen molar-refractivity contribution in [1.82, 2.24) is 0 Å². The lowest BCUT2D eigenvalue weighted by atomic mass is 9.95. The highest BCUT2D eigenvalue weighted by molar-refractivity contribution is 6.99. The molecule has 0 fully saturated rings. The second-order valence-electron chi connectivity index (χ2n) is 14.0. The quantitative estimate of drug-likeness (QED) is 0.0987. The third kappa shape index (κ3) is 7.21. The summed E-state index contributed by atoms with van der Waals surface area (Å²) in [6.07, 6.45) is 2.63. The van der Waals surface area contributed by atoms with Gasteiger partial charge < -0.3 is 13.9 Å². The van der Waals surface area contributed by atoms with Crippen LogP contribution in [0.1, 0.15) is 33.3 Å². The predicted octanol–water partition coefficient (Wildman–Crippen LogP) is 6.41. The Morgan fingerprint density at radius 3 is 1.77 bits per heavy atom. The summed E-state index contributed by atoms with van der Waals surface area (Å²) in [4.78, 5) is 31.8. The van der Waals surface area contributed by atoms with Gasteiger partial charge in [-0.3, -0.25) is 4.79 Å². The molecule has 8 heteroatoms. The van der Waals surface area contributed by atoms with Crippen molar-refractivity contribution in [3.8, 4) is 0 Å². The maximum atomic E-state index is 14.1. The topological polar surface area (TPSA) is 74.2 Å². The molecule has 1 heterocycles. The summed E-state index contributed by atoms with van der Waals surface area (Å²) >= 11 is 0. The highest BCUT2D eigenvalue weighted by Gasteiger charge is 2.56. The Hall–Kier alpha value is -4.38. The maximum Gasteiger partial charge on any atom is 0.344 e. The number of esters is 2. The highest BCUT2D eigenvalue weighted by atomic mass is 28.4. The van der Waals surface area contributed by atoms with Gasteiger partial charge in [0.15, 0.2) is 11.6 Å². The first-order chi connectivity index (χ1) is 22.9. The molecule has 0 aliphatic carbocycles. The van der Waals surface area contributed by atoms with Gasteiger partial charge in [0.25, 0.3) is 8.32 Å². The van der Waals surface area contributed by atoms with E-state index in [1.165, 1.54) is 12.1 Å². The van der Waals surface area contributed by atoms with Crippen molar-refractivity contribution in [3.63, 3.8) is 0 Å². The van der Waals surface area contributed by atoms with Crippen molar-refractivity contribution in [2.75, 3.05) is 6.61 Å². The molecule has 1 aliphatic rings. The number of rotatable bonds is 12. The molecule has 0 amide bonds. The molecule has 5 rings (SSSR count). The van der Waals surface area contributed by atoms with Crippen LogP contribution in [0.5, 0.6) is 0 Å². The van der Waals surface area contributed by atoms with E-state index >= 15 is 0 Å². The third-order valence-corrected chi connectivity index (χ3v) is 17.3. The number of hydrogen-bond acceptors (Lipinski definition) is 6. The van der Waals surface area contributed by atoms with E-state index in [1.807, 2.05) is 66.7 Å². The SMILES string of the molecule is CC(=O)O[C@H](/C=C/CO[Si](c1ccccc1)(c1ccccc1)C(C)(C)C)[C@]1(C[Si](C)(C)c2ccccc2)N=C(c2ccccc2)OC1=O. The molecule has 6 nitrogen and oxygen atoms in total. The fourth-order valence-corrected chi connectivity index (χ4v) is 14.3. The van der Waals surface area contributed by atoms with E-state index in [2.05, 4.69) is 94.5 Å². The second kappa shape index (κ2) is 14.4. The molecule has 0 unspecified atom stereocenters. The van der Waals surface area contributed by atoms with E-state index in [0.29, 0.717) is 11.6 Å². The molecule has 1 aliphatic heterocycles. The number of aliphatic imine (C=N–C) groups is 1. The Morgan fingerprint density at radius 2 is 1.29 bits per heavy atom. The summed E-state index contributed by atoms with van der Waals surface area (Å²) in [6.45, 7) is 12.7. The van der Waals surface area contributed by atoms with Crippen molar-refractivity contribution in [2.45, 2.75) is 63.5 Å². The first-order valence-electron chi connectivity index (χ1n) is 16.4. The van der Waals surface area contributed by atoms with Gasteiger partial charge >= 0.3 is 11.9 Å². The van der Waals surface area contributed by atoms with E-state index in [9.17, 15) is 9.59 Å². The lowest BCUT2D eigenvalue weighted by molar-refractivity contribution is -0.152. The molecule has 4 aromatic carbocycles. The second-order valence-corrected chi connectivity index (χ2v) is 23.0. The van der Waals surface area contributed by atoms with Crippen LogP contribution in [-0.4, -0.2) is 52.5 Å². The van der Waals surface area contributed by atoms with Gasteiger partial charge in [-0.05, 0) is 39.7 Å². The predicted molar refractivity (Wildman–Crippen MR) is 198 cm³/mol. The molecular formula is C40H45NO5Si2. The lowest BCUT2D eigenvalue weighted by Gasteiger charge is -2.42. The van der Waals surface area contributed by atoms with Gasteiger partial charge in [0, 0.05) is 12.5 Å². The van der Waals surface area contributed by atoms with Gasteiger partial charge in [-0.2, -0.15) is 0 Å². The van der Waals surface area contributed by atoms with Crippen LogP contribution in [0.4, 0.5) is 0 Å². The monoisotopic (exact) mass is 675 g/mol. The molecule has 0 N–H and O–H groups in total. The number of ether oxygens (including phenoxy) is 2. The molecule has 0 spiro atoms. The standard InChI is InChI=1S/C40H45NO5Si2/c1-31(42)45-36(28-19-29-44-48(39(2,3)4,34-24-15-9-16-25-34)35-26-17-10-18-27-35)40(30-47(5,6)33-22-13-8-14-23-33)38(43)46-37(41-40)32-20-11-7-12-21-32/h7-28,36H,29-30H2,1-6H3/b28-19+/t36-,40+/m1/s1. The van der Waals surface area contributed by atoms with Crippen LogP contribution >= 0.6 is 0 Å². The minimum atomic E-state index is -2.83. The van der Waals surface area contributed by atoms with Crippen molar-refractivity contribution >= 4 is 49.8 Å². The number of cyclic esters (lactones) is 1. The first-order valence-corrected chi connectivity index (χ1v) is 21.5. The summed E-state index contributed by atoms with van der Waals surface area (Å²) in [5.41, 5.74) is -0.788. The zero-order valence-corrected chi connectivity index (χ0v) is 30.7. The maximum absolute atomic E-state index is 14.1. The zero-order chi connectivity index (χ0) is 34.4. The van der Waals surface area contributed by atoms with Crippen LogP contribution in [0.15, 0.2) is 138 Å². The molecule has 248 valence electrons. The van der Waals surface area contributed by atoms with Gasteiger partial charge in [0.2, 0.25) is 5.90 Å². The average molecular weight is 676 g/mol. The molecular weight excluding hydrogens is 631 g/mol. The lowest BCUT2D eigenvalue weighted by Crippen LogP contribution is -2.66. The zero-order valence-electron chi connectivity index (χ0n) is 28.7. The van der Waals surface area contributed by atoms with E-state index < -0.39 is 40.0 Å². The van der Waals surface area contributed by atoms with Crippen LogP contribution < -0.4 is 15.6 Å². The Balaban J connectivity index is 1.56. The summed E-state index contributed by atoms with van der Waals surface area (Å²) in [7, 11) is -5.18. The highest BCUT2D eigenvalue weighted by Crippen LogP contribution is 2.39. The fourth-order valence-electron chi connectivity index (χ4n) is 6.78. The van der Waals surface area contributed by atoms with Gasteiger partial charge in [-0.1, -0.05) is 154 Å².